The molecule has 2 unspecified atom stereocenters. The van der Waals surface area contributed by atoms with Crippen molar-refractivity contribution >= 4 is 5.91 Å². The number of nitrogens with zero attached hydrogens (tertiary/aromatic N) is 2. The van der Waals surface area contributed by atoms with Gasteiger partial charge in [0, 0.05) is 19.6 Å². The minimum atomic E-state index is 0.0672. The number of hydrogen-bond acceptors (Lipinski definition) is 3. The van der Waals surface area contributed by atoms with Gasteiger partial charge in [0.1, 0.15) is 0 Å². The van der Waals surface area contributed by atoms with Crippen LogP contribution in [-0.4, -0.2) is 61.0 Å². The van der Waals surface area contributed by atoms with E-state index in [2.05, 4.69) is 29.0 Å². The number of hydrogen-bond donors (Lipinski definition) is 1. The lowest BCUT2D eigenvalue weighted by molar-refractivity contribution is -0.138. The van der Waals surface area contributed by atoms with E-state index >= 15 is 0 Å². The summed E-state index contributed by atoms with van der Waals surface area (Å²) in [6.07, 6.45) is 6.18. The SMILES string of the molecule is CCNCC1CCCN(C(C)C(=O)N2CCCCC2)C1. The van der Waals surface area contributed by atoms with Gasteiger partial charge in [0.2, 0.25) is 5.91 Å². The third-order valence-corrected chi connectivity index (χ3v) is 4.81. The molecule has 1 N–H and O–H groups in total. The molecule has 2 aliphatic rings. The zero-order chi connectivity index (χ0) is 14.4. The van der Waals surface area contributed by atoms with E-state index in [1.165, 1.54) is 32.1 Å². The Kier molecular flexibility index (Phi) is 6.30. The molecule has 0 aromatic carbocycles. The van der Waals surface area contributed by atoms with Crippen LogP contribution in [0.15, 0.2) is 0 Å². The second kappa shape index (κ2) is 7.99. The van der Waals surface area contributed by atoms with Crippen molar-refractivity contribution in [1.82, 2.24) is 15.1 Å². The summed E-state index contributed by atoms with van der Waals surface area (Å²) in [5.74, 6) is 1.06. The summed E-state index contributed by atoms with van der Waals surface area (Å²) < 4.78 is 0. The maximum absolute atomic E-state index is 12.6. The summed E-state index contributed by atoms with van der Waals surface area (Å²) in [5, 5.41) is 3.45. The number of carbonyl (C=O) groups is 1. The van der Waals surface area contributed by atoms with Gasteiger partial charge in [-0.3, -0.25) is 9.69 Å². The standard InChI is InChI=1S/C16H31N3O/c1-3-17-12-15-8-7-11-19(13-15)14(2)16(20)18-9-5-4-6-10-18/h14-15,17H,3-13H2,1-2H3. The fourth-order valence-corrected chi connectivity index (χ4v) is 3.50. The zero-order valence-electron chi connectivity index (χ0n) is 13.2. The second-order valence-corrected chi connectivity index (χ2v) is 6.37. The van der Waals surface area contributed by atoms with Gasteiger partial charge in [-0.1, -0.05) is 6.92 Å². The highest BCUT2D eigenvalue weighted by atomic mass is 16.2. The van der Waals surface area contributed by atoms with Crippen molar-refractivity contribution in [3.05, 3.63) is 0 Å². The lowest BCUT2D eigenvalue weighted by Gasteiger charge is -2.39. The van der Waals surface area contributed by atoms with Crippen molar-refractivity contribution in [3.63, 3.8) is 0 Å². The molecule has 2 rings (SSSR count). The Hall–Kier alpha value is -0.610. The molecule has 2 heterocycles. The van der Waals surface area contributed by atoms with Crippen LogP contribution in [0.4, 0.5) is 0 Å². The van der Waals surface area contributed by atoms with E-state index in [9.17, 15) is 4.79 Å². The van der Waals surface area contributed by atoms with Crippen molar-refractivity contribution < 1.29 is 4.79 Å². The molecule has 0 bridgehead atoms. The van der Waals surface area contributed by atoms with Crippen LogP contribution in [0.1, 0.15) is 46.0 Å². The Morgan fingerprint density at radius 3 is 2.65 bits per heavy atom. The molecular formula is C16H31N3O. The first kappa shape index (κ1) is 15.8. The van der Waals surface area contributed by atoms with Crippen LogP contribution in [0.25, 0.3) is 0 Å². The first-order valence-corrected chi connectivity index (χ1v) is 8.46. The van der Waals surface area contributed by atoms with Gasteiger partial charge in [-0.2, -0.15) is 0 Å². The number of amides is 1. The first-order chi connectivity index (χ1) is 9.72. The van der Waals surface area contributed by atoms with Gasteiger partial charge >= 0.3 is 0 Å². The van der Waals surface area contributed by atoms with E-state index in [0.717, 1.165) is 39.3 Å². The molecule has 0 saturated carbocycles. The summed E-state index contributed by atoms with van der Waals surface area (Å²) in [6.45, 7) is 10.5. The monoisotopic (exact) mass is 281 g/mol. The minimum Gasteiger partial charge on any atom is -0.341 e. The van der Waals surface area contributed by atoms with Gasteiger partial charge < -0.3 is 10.2 Å². The molecule has 4 nitrogen and oxygen atoms in total. The molecule has 1 amide bonds. The smallest absolute Gasteiger partial charge is 0.239 e. The van der Waals surface area contributed by atoms with Crippen molar-refractivity contribution in [2.75, 3.05) is 39.3 Å². The number of piperidine rings is 2. The van der Waals surface area contributed by atoms with Crippen molar-refractivity contribution in [3.8, 4) is 0 Å². The Bertz CT molecular complexity index is 302. The van der Waals surface area contributed by atoms with E-state index in [1.807, 2.05) is 0 Å². The normalized spacial score (nSPS) is 26.5. The maximum Gasteiger partial charge on any atom is 0.239 e. The van der Waals surface area contributed by atoms with Gasteiger partial charge in [-0.15, -0.1) is 0 Å². The number of nitrogens with one attached hydrogen (secondary N) is 1. The number of rotatable bonds is 5. The average Bonchev–Trinajstić information content (AvgIpc) is 2.52. The Morgan fingerprint density at radius 2 is 1.95 bits per heavy atom. The molecule has 116 valence electrons. The van der Waals surface area contributed by atoms with E-state index in [0.29, 0.717) is 11.8 Å². The molecule has 4 heteroatoms. The largest absolute Gasteiger partial charge is 0.341 e. The second-order valence-electron chi connectivity index (χ2n) is 6.37. The van der Waals surface area contributed by atoms with Crippen LogP contribution in [0.3, 0.4) is 0 Å². The molecule has 0 aliphatic carbocycles. The molecular weight excluding hydrogens is 250 g/mol. The average molecular weight is 281 g/mol. The molecule has 2 atom stereocenters. The fourth-order valence-electron chi connectivity index (χ4n) is 3.50. The Labute approximate surface area is 123 Å². The van der Waals surface area contributed by atoms with E-state index in [4.69, 9.17) is 0 Å². The van der Waals surface area contributed by atoms with E-state index in [-0.39, 0.29) is 6.04 Å². The summed E-state index contributed by atoms with van der Waals surface area (Å²) >= 11 is 0. The van der Waals surface area contributed by atoms with Crippen LogP contribution in [0.5, 0.6) is 0 Å². The summed E-state index contributed by atoms with van der Waals surface area (Å²) in [4.78, 5) is 17.1. The van der Waals surface area contributed by atoms with Crippen LogP contribution in [-0.2, 0) is 4.79 Å². The van der Waals surface area contributed by atoms with Crippen molar-refractivity contribution in [2.45, 2.75) is 52.0 Å². The van der Waals surface area contributed by atoms with Crippen LogP contribution >= 0.6 is 0 Å². The van der Waals surface area contributed by atoms with E-state index < -0.39 is 0 Å². The number of carbonyl (C=O) groups excluding carboxylic acids is 1. The topological polar surface area (TPSA) is 35.6 Å². The molecule has 0 spiro atoms. The van der Waals surface area contributed by atoms with Crippen LogP contribution < -0.4 is 5.32 Å². The third kappa shape index (κ3) is 4.19. The molecule has 0 radical (unpaired) electrons. The Balaban J connectivity index is 1.83. The molecule has 2 saturated heterocycles. The van der Waals surface area contributed by atoms with Gasteiger partial charge in [0.15, 0.2) is 0 Å². The van der Waals surface area contributed by atoms with E-state index in [1.54, 1.807) is 0 Å². The summed E-state index contributed by atoms with van der Waals surface area (Å²) in [7, 11) is 0. The van der Waals surface area contributed by atoms with Gasteiger partial charge in [-0.05, 0) is 64.6 Å². The molecule has 0 aromatic heterocycles. The third-order valence-electron chi connectivity index (χ3n) is 4.81. The quantitative estimate of drug-likeness (QED) is 0.833. The lowest BCUT2D eigenvalue weighted by Crippen LogP contribution is -2.52. The molecule has 2 aliphatic heterocycles. The highest BCUT2D eigenvalue weighted by Crippen LogP contribution is 2.20. The highest BCUT2D eigenvalue weighted by molar-refractivity contribution is 5.81. The van der Waals surface area contributed by atoms with Crippen LogP contribution in [0, 0.1) is 5.92 Å². The maximum atomic E-state index is 12.6. The predicted octanol–water partition coefficient (Wildman–Crippen LogP) is 1.71. The highest BCUT2D eigenvalue weighted by Gasteiger charge is 2.30. The van der Waals surface area contributed by atoms with Gasteiger partial charge in [0.25, 0.3) is 0 Å². The number of likely N-dealkylation sites (tertiary alicyclic amines) is 2. The Morgan fingerprint density at radius 1 is 1.20 bits per heavy atom. The fraction of sp³-hybridized carbons (Fsp3) is 0.938. The molecule has 20 heavy (non-hydrogen) atoms. The van der Waals surface area contributed by atoms with Gasteiger partial charge in [0.05, 0.1) is 6.04 Å². The van der Waals surface area contributed by atoms with Crippen LogP contribution in [0.2, 0.25) is 0 Å². The summed E-state index contributed by atoms with van der Waals surface area (Å²) in [6, 6.07) is 0.0672. The lowest BCUT2D eigenvalue weighted by atomic mass is 9.96. The van der Waals surface area contributed by atoms with Gasteiger partial charge in [-0.25, -0.2) is 0 Å². The molecule has 0 aromatic rings. The molecule has 2 fully saturated rings. The predicted molar refractivity (Wildman–Crippen MR) is 82.7 cm³/mol. The van der Waals surface area contributed by atoms with Crippen molar-refractivity contribution in [2.24, 2.45) is 5.92 Å². The first-order valence-electron chi connectivity index (χ1n) is 8.46. The minimum absolute atomic E-state index is 0.0672. The van der Waals surface area contributed by atoms with Crippen molar-refractivity contribution in [1.29, 1.82) is 0 Å². The summed E-state index contributed by atoms with van der Waals surface area (Å²) in [5.41, 5.74) is 0. The zero-order valence-corrected chi connectivity index (χ0v) is 13.2.